The van der Waals surface area contributed by atoms with Gasteiger partial charge < -0.3 is 4.98 Å². The molecule has 152 valence electrons. The van der Waals surface area contributed by atoms with Gasteiger partial charge in [0.25, 0.3) is 12.3 Å². The van der Waals surface area contributed by atoms with Gasteiger partial charge in [0.2, 0.25) is 5.82 Å². The average Bonchev–Trinajstić information content (AvgIpc) is 3.36. The minimum Gasteiger partial charge on any atom is -0.343 e. The van der Waals surface area contributed by atoms with Crippen molar-refractivity contribution >= 4 is 28.8 Å². The summed E-state index contributed by atoms with van der Waals surface area (Å²) in [4.78, 5) is 22.3. The van der Waals surface area contributed by atoms with Gasteiger partial charge in [-0.1, -0.05) is 23.7 Å². The molecule has 0 aliphatic carbocycles. The molecule has 10 heteroatoms. The highest BCUT2D eigenvalue weighted by atomic mass is 35.5. The molecule has 0 radical (unpaired) electrons. The molecule has 1 N–H and O–H groups in total. The van der Waals surface area contributed by atoms with Crippen molar-refractivity contribution in [1.29, 1.82) is 0 Å². The molecule has 1 aliphatic heterocycles. The van der Waals surface area contributed by atoms with E-state index >= 15 is 0 Å². The Balaban J connectivity index is 1.72. The van der Waals surface area contributed by atoms with Crippen molar-refractivity contribution in [2.24, 2.45) is 0 Å². The number of nitrogens with one attached hydrogen (secondary N) is 1. The van der Waals surface area contributed by atoms with E-state index in [1.807, 2.05) is 12.1 Å². The van der Waals surface area contributed by atoms with E-state index in [9.17, 15) is 13.6 Å². The average molecular weight is 429 g/mol. The number of imidazole rings is 1. The Morgan fingerprint density at radius 1 is 1.17 bits per heavy atom. The number of hydrogen-bond donors (Lipinski definition) is 1. The van der Waals surface area contributed by atoms with Crippen LogP contribution in [0.15, 0.2) is 36.5 Å². The molecule has 4 aromatic rings. The second-order valence-corrected chi connectivity index (χ2v) is 7.58. The first-order valence-electron chi connectivity index (χ1n) is 9.14. The number of aromatic amines is 1. The topological polar surface area (TPSA) is 79.2 Å². The predicted octanol–water partition coefficient (Wildman–Crippen LogP) is 4.41. The molecular weight excluding hydrogens is 414 g/mol. The Kier molecular flexibility index (Phi) is 4.11. The minimum atomic E-state index is -2.80. The van der Waals surface area contributed by atoms with Gasteiger partial charge in [-0.05, 0) is 43.2 Å². The van der Waals surface area contributed by atoms with Crippen LogP contribution in [-0.2, 0) is 0 Å². The van der Waals surface area contributed by atoms with Crippen LogP contribution in [0.5, 0.6) is 0 Å². The smallest absolute Gasteiger partial charge is 0.297 e. The number of aryl methyl sites for hydroxylation is 2. The molecule has 0 bridgehead atoms. The lowest BCUT2D eigenvalue weighted by atomic mass is 10.0. The van der Waals surface area contributed by atoms with E-state index in [1.165, 1.54) is 10.6 Å². The van der Waals surface area contributed by atoms with E-state index in [-0.39, 0.29) is 5.91 Å². The summed E-state index contributed by atoms with van der Waals surface area (Å²) >= 11 is 6.04. The number of halogens is 3. The van der Waals surface area contributed by atoms with Crippen LogP contribution >= 0.6 is 11.6 Å². The van der Waals surface area contributed by atoms with E-state index < -0.39 is 18.3 Å². The summed E-state index contributed by atoms with van der Waals surface area (Å²) in [6.45, 7) is 3.51. The normalized spacial score (nSPS) is 16.1. The number of carbonyl (C=O) groups excluding carboxylic acids is 1. The number of alkyl halides is 2. The summed E-state index contributed by atoms with van der Waals surface area (Å²) < 4.78 is 28.0. The van der Waals surface area contributed by atoms with Crippen molar-refractivity contribution in [3.8, 4) is 0 Å². The maximum Gasteiger partial charge on any atom is 0.297 e. The van der Waals surface area contributed by atoms with Crippen LogP contribution < -0.4 is 4.90 Å². The van der Waals surface area contributed by atoms with Gasteiger partial charge in [-0.3, -0.25) is 14.1 Å². The lowest BCUT2D eigenvalue weighted by Crippen LogP contribution is -2.29. The summed E-state index contributed by atoms with van der Waals surface area (Å²) in [6, 6.07) is 8.36. The van der Waals surface area contributed by atoms with Gasteiger partial charge in [0.1, 0.15) is 11.9 Å². The number of H-pyrrole nitrogens is 1. The third-order valence-corrected chi connectivity index (χ3v) is 5.41. The number of aromatic nitrogens is 5. The second kappa shape index (κ2) is 6.60. The molecule has 0 saturated carbocycles. The molecule has 1 aromatic carbocycles. The predicted molar refractivity (Wildman–Crippen MR) is 106 cm³/mol. The Morgan fingerprint density at radius 2 is 1.90 bits per heavy atom. The molecule has 1 unspecified atom stereocenters. The molecule has 0 spiro atoms. The van der Waals surface area contributed by atoms with E-state index in [4.69, 9.17) is 11.6 Å². The lowest BCUT2D eigenvalue weighted by Gasteiger charge is -2.26. The second-order valence-electron chi connectivity index (χ2n) is 7.15. The summed E-state index contributed by atoms with van der Waals surface area (Å²) in [6.07, 6.45) is -1.34. The first kappa shape index (κ1) is 18.7. The quantitative estimate of drug-likeness (QED) is 0.524. The third kappa shape index (κ3) is 2.69. The van der Waals surface area contributed by atoms with E-state index in [1.54, 1.807) is 36.9 Å². The van der Waals surface area contributed by atoms with Gasteiger partial charge in [0.15, 0.2) is 11.3 Å². The van der Waals surface area contributed by atoms with Gasteiger partial charge >= 0.3 is 0 Å². The van der Waals surface area contributed by atoms with Crippen LogP contribution in [0.1, 0.15) is 51.4 Å². The number of anilines is 1. The molecule has 1 atom stereocenters. The molecule has 1 aliphatic rings. The van der Waals surface area contributed by atoms with E-state index in [0.29, 0.717) is 39.1 Å². The standard InChI is InChI=1S/C20H15ClF2N6O/c1-9-7-13(8-28-18(9)26-27-19(28)17(22)23)29-16(11-3-5-12(21)6-4-11)14-15(20(29)30)25-10(2)24-14/h3-8,16-17H,1-2H3,(H,24,25). The molecular formula is C20H15ClF2N6O. The van der Waals surface area contributed by atoms with Crippen LogP contribution in [0.4, 0.5) is 14.5 Å². The van der Waals surface area contributed by atoms with E-state index in [0.717, 1.165) is 5.56 Å². The van der Waals surface area contributed by atoms with Gasteiger partial charge in [-0.25, -0.2) is 13.8 Å². The fourth-order valence-electron chi connectivity index (χ4n) is 3.89. The SMILES string of the molecule is Cc1nc2c([nH]1)C(c1ccc(Cl)cc1)N(c1cc(C)c3nnc(C(F)F)n3c1)C2=O. The summed E-state index contributed by atoms with van der Waals surface area (Å²) in [7, 11) is 0. The number of pyridine rings is 1. The highest BCUT2D eigenvalue weighted by Crippen LogP contribution is 2.41. The number of hydrogen-bond acceptors (Lipinski definition) is 4. The van der Waals surface area contributed by atoms with E-state index in [2.05, 4.69) is 20.2 Å². The fraction of sp³-hybridized carbons (Fsp3) is 0.200. The molecule has 5 rings (SSSR count). The van der Waals surface area contributed by atoms with Crippen LogP contribution in [-0.4, -0.2) is 30.5 Å². The van der Waals surface area contributed by atoms with Crippen LogP contribution in [0, 0.1) is 13.8 Å². The molecule has 0 fully saturated rings. The van der Waals surface area contributed by atoms with Gasteiger partial charge in [0.05, 0.1) is 11.4 Å². The van der Waals surface area contributed by atoms with Crippen molar-refractivity contribution in [3.05, 3.63) is 75.7 Å². The molecule has 0 saturated heterocycles. The van der Waals surface area contributed by atoms with Gasteiger partial charge in [-0.2, -0.15) is 0 Å². The van der Waals surface area contributed by atoms with Crippen molar-refractivity contribution in [1.82, 2.24) is 24.6 Å². The first-order valence-corrected chi connectivity index (χ1v) is 9.52. The van der Waals surface area contributed by atoms with Crippen LogP contribution in [0.25, 0.3) is 5.65 Å². The summed E-state index contributed by atoms with van der Waals surface area (Å²) in [5.41, 5.74) is 3.14. The third-order valence-electron chi connectivity index (χ3n) is 5.16. The van der Waals surface area contributed by atoms with Gasteiger partial charge in [0, 0.05) is 11.2 Å². The number of benzene rings is 1. The molecule has 1 amide bonds. The number of rotatable bonds is 3. The molecule has 3 aromatic heterocycles. The highest BCUT2D eigenvalue weighted by Gasteiger charge is 2.42. The molecule has 7 nitrogen and oxygen atoms in total. The highest BCUT2D eigenvalue weighted by molar-refractivity contribution is 6.30. The largest absolute Gasteiger partial charge is 0.343 e. The van der Waals surface area contributed by atoms with Crippen molar-refractivity contribution in [3.63, 3.8) is 0 Å². The number of amides is 1. The zero-order chi connectivity index (χ0) is 21.2. The van der Waals surface area contributed by atoms with Crippen LogP contribution in [0.2, 0.25) is 5.02 Å². The van der Waals surface area contributed by atoms with Crippen LogP contribution in [0.3, 0.4) is 0 Å². The van der Waals surface area contributed by atoms with Gasteiger partial charge in [-0.15, -0.1) is 10.2 Å². The Bertz CT molecular complexity index is 1300. The zero-order valence-electron chi connectivity index (χ0n) is 15.9. The summed E-state index contributed by atoms with van der Waals surface area (Å²) in [5.74, 6) is -0.172. The monoisotopic (exact) mass is 428 g/mol. The molecule has 4 heterocycles. The minimum absolute atomic E-state index is 0.308. The fourth-order valence-corrected chi connectivity index (χ4v) is 4.02. The van der Waals surface area contributed by atoms with Crippen molar-refractivity contribution in [2.75, 3.05) is 4.90 Å². The maximum absolute atomic E-state index is 13.4. The summed E-state index contributed by atoms with van der Waals surface area (Å²) in [5, 5.41) is 8.02. The van der Waals surface area contributed by atoms with Crippen molar-refractivity contribution in [2.45, 2.75) is 26.3 Å². The Hall–Kier alpha value is -3.33. The van der Waals surface area contributed by atoms with Crippen molar-refractivity contribution < 1.29 is 13.6 Å². The first-order chi connectivity index (χ1) is 14.3. The number of fused-ring (bicyclic) bond motifs is 2. The Labute approximate surface area is 174 Å². The zero-order valence-corrected chi connectivity index (χ0v) is 16.7. The molecule has 30 heavy (non-hydrogen) atoms. The lowest BCUT2D eigenvalue weighted by molar-refractivity contribution is 0.0989. The number of carbonyl (C=O) groups is 1. The Morgan fingerprint density at radius 3 is 2.60 bits per heavy atom. The maximum atomic E-state index is 13.4. The number of nitrogens with zero attached hydrogens (tertiary/aromatic N) is 5.